The molecule has 0 unspecified atom stereocenters. The zero-order chi connectivity index (χ0) is 16.8. The number of carbonyl (C=O) groups excluding carboxylic acids is 2. The Labute approximate surface area is 140 Å². The molecule has 1 aliphatic rings. The maximum atomic E-state index is 12.7. The Morgan fingerprint density at radius 2 is 2.00 bits per heavy atom. The molecule has 0 atom stereocenters. The van der Waals surface area contributed by atoms with Crippen molar-refractivity contribution in [1.29, 1.82) is 0 Å². The molecule has 0 saturated carbocycles. The number of Topliss-reactive ketones (excluding diaryl/α,β-unsaturated/α-hetero) is 1. The molecule has 1 N–H and O–H groups in total. The van der Waals surface area contributed by atoms with Gasteiger partial charge in [-0.3, -0.25) is 4.79 Å². The van der Waals surface area contributed by atoms with E-state index in [4.69, 9.17) is 0 Å². The summed E-state index contributed by atoms with van der Waals surface area (Å²) in [6.45, 7) is 0. The van der Waals surface area contributed by atoms with E-state index in [9.17, 15) is 14.7 Å². The van der Waals surface area contributed by atoms with Gasteiger partial charge in [-0.1, -0.05) is 29.5 Å². The van der Waals surface area contributed by atoms with Crippen molar-refractivity contribution in [3.63, 3.8) is 0 Å². The van der Waals surface area contributed by atoms with Crippen molar-refractivity contribution < 1.29 is 19.4 Å². The van der Waals surface area contributed by atoms with Crippen LogP contribution < -0.4 is 0 Å². The van der Waals surface area contributed by atoms with Crippen LogP contribution in [0.4, 0.5) is 5.69 Å². The van der Waals surface area contributed by atoms with Crippen LogP contribution in [0.1, 0.15) is 26.3 Å². The first-order chi connectivity index (χ1) is 11.6. The van der Waals surface area contributed by atoms with Crippen LogP contribution in [0.5, 0.6) is 5.06 Å². The SMILES string of the molecule is COC(=O)c1ccc2c(c1)N=C(c1c(O)sc3ccccc13)C2=O. The molecule has 1 aromatic heterocycles. The number of esters is 1. The number of thiophene rings is 1. The maximum Gasteiger partial charge on any atom is 0.337 e. The number of aromatic hydroxyl groups is 1. The molecule has 3 aromatic rings. The monoisotopic (exact) mass is 337 g/mol. The van der Waals surface area contributed by atoms with Gasteiger partial charge in [0, 0.05) is 15.6 Å². The molecule has 118 valence electrons. The van der Waals surface area contributed by atoms with Crippen LogP contribution in [0.25, 0.3) is 10.1 Å². The third kappa shape index (κ3) is 2.04. The van der Waals surface area contributed by atoms with Crippen molar-refractivity contribution in [2.45, 2.75) is 0 Å². The summed E-state index contributed by atoms with van der Waals surface area (Å²) in [6.07, 6.45) is 0. The van der Waals surface area contributed by atoms with E-state index in [0.717, 1.165) is 10.1 Å². The molecule has 2 aromatic carbocycles. The van der Waals surface area contributed by atoms with E-state index >= 15 is 0 Å². The van der Waals surface area contributed by atoms with Crippen LogP contribution in [-0.2, 0) is 4.74 Å². The lowest BCUT2D eigenvalue weighted by Gasteiger charge is -2.00. The highest BCUT2D eigenvalue weighted by atomic mass is 32.1. The number of hydrogen-bond donors (Lipinski definition) is 1. The van der Waals surface area contributed by atoms with Gasteiger partial charge in [-0.25, -0.2) is 9.79 Å². The molecule has 0 spiro atoms. The molecule has 4 rings (SSSR count). The minimum absolute atomic E-state index is 0.0595. The first-order valence-electron chi connectivity index (χ1n) is 7.17. The van der Waals surface area contributed by atoms with Gasteiger partial charge >= 0.3 is 5.97 Å². The zero-order valence-electron chi connectivity index (χ0n) is 12.6. The summed E-state index contributed by atoms with van der Waals surface area (Å²) in [5.41, 5.74) is 1.78. The molecule has 0 fully saturated rings. The topological polar surface area (TPSA) is 76.0 Å². The number of benzene rings is 2. The summed E-state index contributed by atoms with van der Waals surface area (Å²) < 4.78 is 5.57. The molecular weight excluding hydrogens is 326 g/mol. The second-order valence-corrected chi connectivity index (χ2v) is 6.32. The summed E-state index contributed by atoms with van der Waals surface area (Å²) in [5, 5.41) is 11.1. The van der Waals surface area contributed by atoms with Gasteiger partial charge in [-0.15, -0.1) is 0 Å². The van der Waals surface area contributed by atoms with Gasteiger partial charge in [0.15, 0.2) is 5.06 Å². The number of rotatable bonds is 2. The molecule has 6 heteroatoms. The van der Waals surface area contributed by atoms with Crippen molar-refractivity contribution >= 4 is 44.6 Å². The standard InChI is InChI=1S/C18H11NO4S/c1-23-17(21)9-6-7-10-12(8-9)19-15(16(10)20)14-11-4-2-3-5-13(11)24-18(14)22/h2-8,22H,1H3. The highest BCUT2D eigenvalue weighted by molar-refractivity contribution is 7.21. The maximum absolute atomic E-state index is 12.7. The van der Waals surface area contributed by atoms with Gasteiger partial charge in [0.2, 0.25) is 5.78 Å². The third-order valence-corrected chi connectivity index (χ3v) is 4.90. The predicted octanol–water partition coefficient (Wildman–Crippen LogP) is 3.71. The van der Waals surface area contributed by atoms with E-state index in [2.05, 4.69) is 9.73 Å². The van der Waals surface area contributed by atoms with Gasteiger partial charge in [-0.05, 0) is 24.3 Å². The van der Waals surface area contributed by atoms with Crippen LogP contribution >= 0.6 is 11.3 Å². The normalized spacial score (nSPS) is 13.0. The molecule has 0 amide bonds. The van der Waals surface area contributed by atoms with Crippen molar-refractivity contribution in [2.24, 2.45) is 4.99 Å². The van der Waals surface area contributed by atoms with E-state index in [0.29, 0.717) is 22.4 Å². The molecule has 2 heterocycles. The second-order valence-electron chi connectivity index (χ2n) is 5.29. The summed E-state index contributed by atoms with van der Waals surface area (Å²) >= 11 is 1.21. The molecule has 0 aliphatic carbocycles. The van der Waals surface area contributed by atoms with Crippen molar-refractivity contribution in [3.05, 3.63) is 59.2 Å². The van der Waals surface area contributed by atoms with Gasteiger partial charge in [0.05, 0.1) is 23.9 Å². The van der Waals surface area contributed by atoms with Gasteiger partial charge in [0.1, 0.15) is 5.71 Å². The lowest BCUT2D eigenvalue weighted by molar-refractivity contribution is 0.0600. The van der Waals surface area contributed by atoms with Crippen LogP contribution in [0.15, 0.2) is 47.5 Å². The fraction of sp³-hybridized carbons (Fsp3) is 0.0556. The Balaban J connectivity index is 1.88. The Morgan fingerprint density at radius 3 is 2.79 bits per heavy atom. The van der Waals surface area contributed by atoms with E-state index in [1.54, 1.807) is 6.07 Å². The van der Waals surface area contributed by atoms with E-state index in [1.165, 1.54) is 30.6 Å². The average molecular weight is 337 g/mol. The Morgan fingerprint density at radius 1 is 1.21 bits per heavy atom. The predicted molar refractivity (Wildman–Crippen MR) is 91.8 cm³/mol. The van der Waals surface area contributed by atoms with Crippen LogP contribution in [0, 0.1) is 0 Å². The van der Waals surface area contributed by atoms with Crippen LogP contribution in [0.2, 0.25) is 0 Å². The zero-order valence-corrected chi connectivity index (χ0v) is 13.4. The number of methoxy groups -OCH3 is 1. The summed E-state index contributed by atoms with van der Waals surface area (Å²) in [7, 11) is 1.30. The number of ketones is 1. The fourth-order valence-corrected chi connectivity index (χ4v) is 3.73. The number of fused-ring (bicyclic) bond motifs is 2. The van der Waals surface area contributed by atoms with Gasteiger partial charge in [0.25, 0.3) is 0 Å². The van der Waals surface area contributed by atoms with Crippen LogP contribution in [0.3, 0.4) is 0 Å². The first-order valence-corrected chi connectivity index (χ1v) is 7.98. The first kappa shape index (κ1) is 14.6. The molecule has 24 heavy (non-hydrogen) atoms. The molecule has 5 nitrogen and oxygen atoms in total. The number of hydrogen-bond acceptors (Lipinski definition) is 6. The number of nitrogens with zero attached hydrogens (tertiary/aromatic N) is 1. The third-order valence-electron chi connectivity index (χ3n) is 3.92. The minimum atomic E-state index is -0.488. The number of carbonyl (C=O) groups is 2. The Bertz CT molecular complexity index is 1050. The molecule has 0 radical (unpaired) electrons. The smallest absolute Gasteiger partial charge is 0.337 e. The highest BCUT2D eigenvalue weighted by Gasteiger charge is 2.30. The summed E-state index contributed by atoms with van der Waals surface area (Å²) in [5.74, 6) is -0.752. The highest BCUT2D eigenvalue weighted by Crippen LogP contribution is 2.40. The fourth-order valence-electron chi connectivity index (χ4n) is 2.79. The van der Waals surface area contributed by atoms with Crippen molar-refractivity contribution in [1.82, 2.24) is 0 Å². The number of aliphatic imine (C=N–C) groups is 1. The Kier molecular flexibility index (Phi) is 3.21. The Hall–Kier alpha value is -2.99. The van der Waals surface area contributed by atoms with Gasteiger partial charge in [-0.2, -0.15) is 0 Å². The quantitative estimate of drug-likeness (QED) is 0.723. The summed E-state index contributed by atoms with van der Waals surface area (Å²) in [6, 6.07) is 12.1. The summed E-state index contributed by atoms with van der Waals surface area (Å²) in [4.78, 5) is 28.7. The largest absolute Gasteiger partial charge is 0.499 e. The van der Waals surface area contributed by atoms with Gasteiger partial charge < -0.3 is 9.84 Å². The average Bonchev–Trinajstić information content (AvgIpc) is 3.09. The lowest BCUT2D eigenvalue weighted by Crippen LogP contribution is -2.10. The van der Waals surface area contributed by atoms with E-state index < -0.39 is 5.97 Å². The number of ether oxygens (including phenoxy) is 1. The molecule has 0 bridgehead atoms. The van der Waals surface area contributed by atoms with E-state index in [1.807, 2.05) is 24.3 Å². The van der Waals surface area contributed by atoms with Crippen LogP contribution in [-0.4, -0.2) is 29.7 Å². The molecule has 0 saturated heterocycles. The minimum Gasteiger partial charge on any atom is -0.499 e. The van der Waals surface area contributed by atoms with E-state index in [-0.39, 0.29) is 16.6 Å². The van der Waals surface area contributed by atoms with Crippen molar-refractivity contribution in [3.8, 4) is 5.06 Å². The lowest BCUT2D eigenvalue weighted by atomic mass is 10.0. The van der Waals surface area contributed by atoms with Crippen molar-refractivity contribution in [2.75, 3.05) is 7.11 Å². The molecular formula is C18H11NO4S. The molecule has 1 aliphatic heterocycles. The second kappa shape index (κ2) is 5.28.